The standard InChI is InChI=1S/C13H23F3N4O2Si/c1-12(2,3)23(4,5)22-10-6-9(18-19-17)7-20(8-10)11(21)13(14,15)16/h9-10H,6-8H2,1-5H3/t9-,10+/m0/s1. The van der Waals surface area contributed by atoms with Crippen molar-refractivity contribution in [2.24, 2.45) is 5.11 Å². The van der Waals surface area contributed by atoms with Crippen LogP contribution in [0.1, 0.15) is 27.2 Å². The largest absolute Gasteiger partial charge is 0.471 e. The minimum absolute atomic E-state index is 0.114. The monoisotopic (exact) mass is 352 g/mol. The maximum atomic E-state index is 12.7. The molecule has 0 aromatic rings. The number of piperidine rings is 1. The van der Waals surface area contributed by atoms with Crippen molar-refractivity contribution in [3.63, 3.8) is 0 Å². The van der Waals surface area contributed by atoms with Crippen LogP contribution in [0.25, 0.3) is 10.4 Å². The second-order valence-electron chi connectivity index (χ2n) is 7.30. The zero-order chi connectivity index (χ0) is 18.1. The molecular formula is C13H23F3N4O2Si. The summed E-state index contributed by atoms with van der Waals surface area (Å²) in [4.78, 5) is 14.8. The molecule has 1 heterocycles. The van der Waals surface area contributed by atoms with E-state index < -0.39 is 32.5 Å². The second kappa shape index (κ2) is 6.70. The second-order valence-corrected chi connectivity index (χ2v) is 12.1. The summed E-state index contributed by atoms with van der Waals surface area (Å²) in [5, 5.41) is 3.38. The molecule has 6 nitrogen and oxygen atoms in total. The first kappa shape index (κ1) is 19.8. The first-order valence-corrected chi connectivity index (χ1v) is 10.3. The summed E-state index contributed by atoms with van der Waals surface area (Å²) in [6.07, 6.45) is -5.19. The number of carbonyl (C=O) groups excluding carboxylic acids is 1. The van der Waals surface area contributed by atoms with Gasteiger partial charge in [0.1, 0.15) is 0 Å². The Hall–Kier alpha value is -1.25. The van der Waals surface area contributed by atoms with Crippen LogP contribution in [0.3, 0.4) is 0 Å². The van der Waals surface area contributed by atoms with Gasteiger partial charge in [-0.05, 0) is 30.1 Å². The van der Waals surface area contributed by atoms with E-state index >= 15 is 0 Å². The zero-order valence-corrected chi connectivity index (χ0v) is 15.0. The molecule has 0 saturated carbocycles. The minimum atomic E-state index is -4.94. The third-order valence-corrected chi connectivity index (χ3v) is 8.94. The number of halogens is 3. The van der Waals surface area contributed by atoms with E-state index in [0.717, 1.165) is 0 Å². The Labute approximate surface area is 134 Å². The Morgan fingerprint density at radius 2 is 1.87 bits per heavy atom. The lowest BCUT2D eigenvalue weighted by Gasteiger charge is -2.43. The van der Waals surface area contributed by atoms with Crippen molar-refractivity contribution in [1.82, 2.24) is 4.90 Å². The van der Waals surface area contributed by atoms with E-state index in [-0.39, 0.29) is 18.1 Å². The fourth-order valence-corrected chi connectivity index (χ4v) is 3.57. The number of rotatable bonds is 3. The summed E-state index contributed by atoms with van der Waals surface area (Å²) < 4.78 is 44.1. The van der Waals surface area contributed by atoms with Crippen LogP contribution >= 0.6 is 0 Å². The molecule has 0 aromatic carbocycles. The fraction of sp³-hybridized carbons (Fsp3) is 0.923. The number of carbonyl (C=O) groups is 1. The highest BCUT2D eigenvalue weighted by Crippen LogP contribution is 2.38. The maximum Gasteiger partial charge on any atom is 0.471 e. The van der Waals surface area contributed by atoms with Gasteiger partial charge in [-0.2, -0.15) is 13.2 Å². The molecule has 1 aliphatic rings. The summed E-state index contributed by atoms with van der Waals surface area (Å²) in [7, 11) is -2.21. The highest BCUT2D eigenvalue weighted by molar-refractivity contribution is 6.74. The summed E-state index contributed by atoms with van der Waals surface area (Å²) in [5.41, 5.74) is 8.55. The fourth-order valence-electron chi connectivity index (χ4n) is 2.21. The summed E-state index contributed by atoms with van der Waals surface area (Å²) in [6, 6.07) is -0.713. The molecule has 0 spiro atoms. The molecule has 132 valence electrons. The van der Waals surface area contributed by atoms with Gasteiger partial charge in [0, 0.05) is 18.0 Å². The van der Waals surface area contributed by atoms with Crippen LogP contribution in [0.5, 0.6) is 0 Å². The number of hydrogen-bond donors (Lipinski definition) is 0. The molecule has 10 heteroatoms. The van der Waals surface area contributed by atoms with Crippen LogP contribution in [0, 0.1) is 0 Å². The van der Waals surface area contributed by atoms with Crippen molar-refractivity contribution in [3.8, 4) is 0 Å². The van der Waals surface area contributed by atoms with Crippen molar-refractivity contribution < 1.29 is 22.4 Å². The Kier molecular flexibility index (Phi) is 5.77. The lowest BCUT2D eigenvalue weighted by molar-refractivity contribution is -0.188. The highest BCUT2D eigenvalue weighted by atomic mass is 28.4. The molecule has 0 N–H and O–H groups in total. The SMILES string of the molecule is CC(C)(C)[Si](C)(C)O[C@@H]1C[C@H](N=[N+]=[N-])CN(C(=O)C(F)(F)F)C1. The molecule has 1 amide bonds. The van der Waals surface area contributed by atoms with E-state index in [4.69, 9.17) is 9.96 Å². The molecule has 0 aromatic heterocycles. The average molecular weight is 352 g/mol. The number of alkyl halides is 3. The molecule has 23 heavy (non-hydrogen) atoms. The van der Waals surface area contributed by atoms with E-state index in [9.17, 15) is 18.0 Å². The van der Waals surface area contributed by atoms with Gasteiger partial charge in [0.15, 0.2) is 8.32 Å². The van der Waals surface area contributed by atoms with Crippen molar-refractivity contribution in [3.05, 3.63) is 10.4 Å². The van der Waals surface area contributed by atoms with Gasteiger partial charge in [-0.15, -0.1) is 0 Å². The van der Waals surface area contributed by atoms with Gasteiger partial charge in [-0.3, -0.25) is 4.79 Å². The maximum absolute atomic E-state index is 12.7. The van der Waals surface area contributed by atoms with E-state index in [2.05, 4.69) is 10.0 Å². The van der Waals surface area contributed by atoms with Gasteiger partial charge in [0.05, 0.1) is 12.1 Å². The number of amides is 1. The van der Waals surface area contributed by atoms with E-state index in [1.54, 1.807) is 0 Å². The Morgan fingerprint density at radius 3 is 2.30 bits per heavy atom. The van der Waals surface area contributed by atoms with Crippen LogP contribution in [0.4, 0.5) is 13.2 Å². The van der Waals surface area contributed by atoms with Crippen LogP contribution in [-0.4, -0.2) is 50.5 Å². The van der Waals surface area contributed by atoms with Crippen LogP contribution in [-0.2, 0) is 9.22 Å². The third-order valence-electron chi connectivity index (χ3n) is 4.40. The number of hydrogen-bond acceptors (Lipinski definition) is 3. The van der Waals surface area contributed by atoms with Gasteiger partial charge in [0.25, 0.3) is 0 Å². The van der Waals surface area contributed by atoms with E-state index in [1.165, 1.54) is 0 Å². The lowest BCUT2D eigenvalue weighted by atomic mass is 10.0. The molecule has 0 aliphatic carbocycles. The highest BCUT2D eigenvalue weighted by Gasteiger charge is 2.46. The lowest BCUT2D eigenvalue weighted by Crippen LogP contribution is -2.55. The predicted octanol–water partition coefficient (Wildman–Crippen LogP) is 3.85. The van der Waals surface area contributed by atoms with Gasteiger partial charge in [0.2, 0.25) is 0 Å². The molecule has 0 radical (unpaired) electrons. The number of likely N-dealkylation sites (tertiary alicyclic amines) is 1. The molecule has 0 unspecified atom stereocenters. The molecular weight excluding hydrogens is 329 g/mol. The molecule has 1 saturated heterocycles. The van der Waals surface area contributed by atoms with E-state index in [1.807, 2.05) is 33.9 Å². The number of nitrogens with zero attached hydrogens (tertiary/aromatic N) is 4. The molecule has 1 rings (SSSR count). The average Bonchev–Trinajstić information content (AvgIpc) is 2.34. The van der Waals surface area contributed by atoms with Gasteiger partial charge in [-0.1, -0.05) is 25.9 Å². The summed E-state index contributed by atoms with van der Waals surface area (Å²) in [5.74, 6) is -1.92. The van der Waals surface area contributed by atoms with Gasteiger partial charge in [-0.25, -0.2) is 0 Å². The van der Waals surface area contributed by atoms with Crippen molar-refractivity contribution in [1.29, 1.82) is 0 Å². The first-order chi connectivity index (χ1) is 10.3. The van der Waals surface area contributed by atoms with Gasteiger partial charge >= 0.3 is 12.1 Å². The molecule has 2 atom stereocenters. The Bertz CT molecular complexity index is 498. The summed E-state index contributed by atoms with van der Waals surface area (Å²) >= 11 is 0. The van der Waals surface area contributed by atoms with E-state index in [0.29, 0.717) is 11.3 Å². The van der Waals surface area contributed by atoms with Crippen LogP contribution in [0.15, 0.2) is 5.11 Å². The zero-order valence-electron chi connectivity index (χ0n) is 14.0. The summed E-state index contributed by atoms with van der Waals surface area (Å²) in [6.45, 7) is 9.66. The number of azide groups is 1. The molecule has 1 fully saturated rings. The predicted molar refractivity (Wildman–Crippen MR) is 82.3 cm³/mol. The van der Waals surface area contributed by atoms with Crippen molar-refractivity contribution >= 4 is 14.2 Å². The van der Waals surface area contributed by atoms with Crippen molar-refractivity contribution in [2.45, 2.75) is 63.6 Å². The van der Waals surface area contributed by atoms with Crippen LogP contribution < -0.4 is 0 Å². The smallest absolute Gasteiger partial charge is 0.412 e. The molecule has 1 aliphatic heterocycles. The van der Waals surface area contributed by atoms with Crippen LogP contribution in [0.2, 0.25) is 18.1 Å². The third kappa shape index (κ3) is 5.12. The Morgan fingerprint density at radius 1 is 1.30 bits per heavy atom. The molecule has 0 bridgehead atoms. The van der Waals surface area contributed by atoms with Gasteiger partial charge < -0.3 is 9.33 Å². The van der Waals surface area contributed by atoms with Crippen molar-refractivity contribution in [2.75, 3.05) is 13.1 Å². The Balaban J connectivity index is 2.96. The minimum Gasteiger partial charge on any atom is -0.412 e. The quantitative estimate of drug-likeness (QED) is 0.335. The first-order valence-electron chi connectivity index (χ1n) is 7.36. The topological polar surface area (TPSA) is 78.3 Å². The normalized spacial score (nSPS) is 23.4.